The van der Waals surface area contributed by atoms with Crippen molar-refractivity contribution in [1.82, 2.24) is 0 Å². The molecule has 0 fully saturated rings. The van der Waals surface area contributed by atoms with Crippen LogP contribution < -0.4 is 50.5 Å². The molecule has 0 N–H and O–H groups in total. The van der Waals surface area contributed by atoms with Gasteiger partial charge in [0.15, 0.2) is 0 Å². The molecule has 30 nitrogen and oxygen atoms in total. The van der Waals surface area contributed by atoms with Crippen molar-refractivity contribution in [2.45, 2.75) is 20.8 Å². The van der Waals surface area contributed by atoms with Gasteiger partial charge in [0.05, 0.1) is 68.1 Å². The van der Waals surface area contributed by atoms with Crippen LogP contribution in [0.3, 0.4) is 0 Å². The summed E-state index contributed by atoms with van der Waals surface area (Å²) in [6.07, 6.45) is 2.55. The Labute approximate surface area is 472 Å². The maximum atomic E-state index is 11.5. The Morgan fingerprint density at radius 1 is 0.419 bits per heavy atom. The van der Waals surface area contributed by atoms with Crippen LogP contribution in [0.5, 0.6) is 0 Å². The average Bonchev–Trinajstić information content (AvgIpc) is 3.23. The van der Waals surface area contributed by atoms with E-state index in [-0.39, 0.29) is 126 Å². The first-order chi connectivity index (χ1) is 33.2. The first-order valence-corrected chi connectivity index (χ1v) is 28.8. The molecule has 410 valence electrons. The largest absolute Gasteiger partial charge is 1.00 e. The van der Waals surface area contributed by atoms with Gasteiger partial charge >= 0.3 is 35.9 Å². The van der Waals surface area contributed by atoms with Gasteiger partial charge in [0.2, 0.25) is 0 Å². The van der Waals surface area contributed by atoms with Crippen molar-refractivity contribution in [2.24, 2.45) is 0 Å². The van der Waals surface area contributed by atoms with Crippen LogP contribution in [0, 0.1) is 81.5 Å². The first-order valence-electron chi connectivity index (χ1n) is 20.0. The second kappa shape index (κ2) is 33.0. The maximum absolute atomic E-state index is 11.5. The van der Waals surface area contributed by atoms with Gasteiger partial charge in [0.1, 0.15) is 33.8 Å². The zero-order valence-corrected chi connectivity index (χ0v) is 49.1. The van der Waals surface area contributed by atoms with Crippen LogP contribution in [0.2, 0.25) is 0 Å². The van der Waals surface area contributed by atoms with E-state index in [9.17, 15) is 85.9 Å². The van der Waals surface area contributed by atoms with Crippen molar-refractivity contribution in [3.63, 3.8) is 0 Å². The second-order valence-corrected chi connectivity index (χ2v) is 21.7. The zero-order chi connectivity index (χ0) is 55.5. The van der Waals surface area contributed by atoms with Gasteiger partial charge in [-0.2, -0.15) is 25.3 Å². The van der Waals surface area contributed by atoms with Crippen LogP contribution in [0.15, 0.2) is 36.4 Å². The first kappa shape index (κ1) is 71.8. The fourth-order valence-corrected chi connectivity index (χ4v) is 8.75. The number of anilines is 3. The monoisotopic (exact) mass is 1360 g/mol. The molecule has 0 bridgehead atoms. The van der Waals surface area contributed by atoms with Crippen LogP contribution in [-0.4, -0.2) is 149 Å². The number of halogens is 4. The molecule has 0 radical (unpaired) electrons. The molecule has 0 heterocycles. The van der Waals surface area contributed by atoms with Gasteiger partial charge in [-0.25, -0.2) is 0 Å². The average molecular weight is 1370 g/mol. The minimum atomic E-state index is -3.78. The Kier molecular flexibility index (Phi) is 32.0. The Morgan fingerprint density at radius 3 is 0.797 bits per heavy atom. The van der Waals surface area contributed by atoms with Gasteiger partial charge in [0, 0.05) is 73.5 Å². The van der Waals surface area contributed by atoms with Gasteiger partial charge in [0.25, 0.3) is 47.4 Å². The van der Waals surface area contributed by atoms with Gasteiger partial charge in [-0.05, 0) is 39.0 Å². The summed E-state index contributed by atoms with van der Waals surface area (Å²) < 4.78 is 80.4. The number of alkyl halides is 3. The predicted molar refractivity (Wildman–Crippen MR) is 274 cm³/mol. The van der Waals surface area contributed by atoms with Crippen molar-refractivity contribution in [2.75, 3.05) is 109 Å². The molecule has 0 aliphatic heterocycles. The van der Waals surface area contributed by atoms with Crippen LogP contribution in [0.1, 0.15) is 16.7 Å². The molecule has 0 unspecified atom stereocenters. The number of nitro groups is 6. The minimum absolute atomic E-state index is 0. The number of hydrogen-bond donors (Lipinski definition) is 0. The van der Waals surface area contributed by atoms with Gasteiger partial charge in [-0.3, -0.25) is 73.2 Å². The molecule has 0 aliphatic rings. The van der Waals surface area contributed by atoms with Crippen molar-refractivity contribution in [3.05, 3.63) is 114 Å². The third-order valence-corrected chi connectivity index (χ3v) is 12.2. The molecular formula is C36H48Br4LiN9O21S3. The minimum Gasteiger partial charge on any atom is -1.00 e. The SMILES string of the molecule is Cc1c([N+](=O)[O-])ccc(N(CCBr)CCBr)c1[N+](=O)[O-].Cc1c([N+](=O)[O-])ccc(N(CCBr)CCOS(C)(=O)=O)c1[N+](=O)[O-].Cc1c([N+](=O)[O-])ccc(N(CCOS(C)(=O)=O)CCOS(C)(=O)=O)c1[N+](=O)[O-].[Br-].[Li+]. The van der Waals surface area contributed by atoms with Crippen LogP contribution in [0.25, 0.3) is 0 Å². The van der Waals surface area contributed by atoms with E-state index in [0.29, 0.717) is 41.3 Å². The Balaban J connectivity index is 0. The van der Waals surface area contributed by atoms with Crippen molar-refractivity contribution in [1.29, 1.82) is 0 Å². The second-order valence-electron chi connectivity index (χ2n) is 14.4. The fourth-order valence-electron chi connectivity index (χ4n) is 6.34. The van der Waals surface area contributed by atoms with Crippen molar-refractivity contribution in [3.8, 4) is 0 Å². The van der Waals surface area contributed by atoms with E-state index in [0.717, 1.165) is 30.9 Å². The molecule has 0 aliphatic carbocycles. The van der Waals surface area contributed by atoms with E-state index >= 15 is 0 Å². The van der Waals surface area contributed by atoms with Crippen LogP contribution in [-0.2, 0) is 42.9 Å². The van der Waals surface area contributed by atoms with Gasteiger partial charge in [-0.15, -0.1) is 0 Å². The third-order valence-electron chi connectivity index (χ3n) is 9.34. The summed E-state index contributed by atoms with van der Waals surface area (Å²) in [4.78, 5) is 67.5. The summed E-state index contributed by atoms with van der Waals surface area (Å²) in [7, 11) is -11.2. The van der Waals surface area contributed by atoms with E-state index in [1.165, 1.54) is 54.8 Å². The predicted octanol–water partition coefficient (Wildman–Crippen LogP) is -0.0252. The van der Waals surface area contributed by atoms with E-state index in [4.69, 9.17) is 0 Å². The van der Waals surface area contributed by atoms with Crippen LogP contribution >= 0.6 is 47.8 Å². The molecular weight excluding hydrogens is 1320 g/mol. The summed E-state index contributed by atoms with van der Waals surface area (Å²) in [6, 6.07) is 7.42. The molecule has 0 spiro atoms. The number of nitrogens with zero attached hydrogens (tertiary/aromatic N) is 9. The molecule has 38 heteroatoms. The van der Waals surface area contributed by atoms with E-state index < -0.39 is 71.3 Å². The summed E-state index contributed by atoms with van der Waals surface area (Å²) in [5, 5.41) is 68.8. The topological polar surface area (TPSA) is 399 Å². The van der Waals surface area contributed by atoms with E-state index in [1.807, 2.05) is 4.90 Å². The summed E-state index contributed by atoms with van der Waals surface area (Å²) in [5.41, 5.74) is -1.90. The van der Waals surface area contributed by atoms with Crippen molar-refractivity contribution < 1.29 is 103 Å². The van der Waals surface area contributed by atoms with Gasteiger partial charge in [-0.1, -0.05) is 47.8 Å². The molecule has 3 aromatic rings. The van der Waals surface area contributed by atoms with Crippen molar-refractivity contribution >= 4 is 129 Å². The Hall–Kier alpha value is -4.29. The number of rotatable bonds is 27. The number of nitro benzene ring substituents is 6. The molecule has 74 heavy (non-hydrogen) atoms. The summed E-state index contributed by atoms with van der Waals surface area (Å²) in [5.74, 6) is 0. The molecule has 0 saturated carbocycles. The quantitative estimate of drug-likeness (QED) is 0.0318. The summed E-state index contributed by atoms with van der Waals surface area (Å²) >= 11 is 9.82. The zero-order valence-electron chi connectivity index (χ0n) is 40.3. The molecule has 0 saturated heterocycles. The van der Waals surface area contributed by atoms with E-state index in [1.54, 1.807) is 0 Å². The molecule has 0 amide bonds. The standard InChI is InChI=1S/C13H19N3O10S2.C12H16BrN3O7S.C11H13Br2N3O4.BrH.Li/c1-10-11(15(17)18)4-5-12(13(10)16(19)20)14(6-8-25-27(2,21)22)7-9-26-28(3,23)24;1-9-10(15(17)18)3-4-11(12(9)16(19)20)14(6-5-13)7-8-23-24(2,21)22;1-8-9(15(17)18)2-3-10(11(8)16(19)20)14(6-4-12)7-5-13;;/h4-5H,6-9H2,1-3H3;3-4H,5-8H2,1-2H3;2-3H,4-7H2,1H3;1H;/q;;;;+1/p-1. The number of hydrogen-bond acceptors (Lipinski definition) is 24. The van der Waals surface area contributed by atoms with Gasteiger partial charge < -0.3 is 31.7 Å². The molecule has 0 atom stereocenters. The third kappa shape index (κ3) is 23.7. The van der Waals surface area contributed by atoms with Crippen LogP contribution in [0.4, 0.5) is 51.2 Å². The maximum Gasteiger partial charge on any atom is 1.00 e. The molecule has 0 aromatic heterocycles. The summed E-state index contributed by atoms with van der Waals surface area (Å²) in [6.45, 7) is 4.12. The van der Waals surface area contributed by atoms with E-state index in [2.05, 4.69) is 60.3 Å². The Morgan fingerprint density at radius 2 is 0.622 bits per heavy atom. The molecule has 3 rings (SSSR count). The normalized spacial score (nSPS) is 11.0. The number of benzene rings is 3. The fraction of sp³-hybridized carbons (Fsp3) is 0.500. The Bertz CT molecular complexity index is 2780. The smallest absolute Gasteiger partial charge is 1.00 e. The molecule has 3 aromatic carbocycles.